The van der Waals surface area contributed by atoms with Crippen molar-refractivity contribution in [2.45, 2.75) is 32.6 Å². The molecule has 0 aromatic heterocycles. The molecule has 3 heteroatoms. The van der Waals surface area contributed by atoms with E-state index in [1.807, 2.05) is 42.5 Å². The van der Waals surface area contributed by atoms with Gasteiger partial charge in [-0.15, -0.1) is 0 Å². The first kappa shape index (κ1) is 17.8. The second kappa shape index (κ2) is 9.56. The standard InChI is InChI=1S/C21H24O3/c1-17(2)21(22)23-15-8-4-5-10-18-11-9-14-20(16-18)24-19-12-6-3-7-13-19/h3,6-7,9,11-14,16H,1,4-5,8,10,15H2,2H3. The molecule has 0 unspecified atom stereocenters. The lowest BCUT2D eigenvalue weighted by Crippen LogP contribution is -2.06. The first-order chi connectivity index (χ1) is 11.6. The quantitative estimate of drug-likeness (QED) is 0.356. The molecule has 0 bridgehead atoms. The first-order valence-electron chi connectivity index (χ1n) is 8.29. The number of carbonyl (C=O) groups is 1. The van der Waals surface area contributed by atoms with Gasteiger partial charge in [-0.1, -0.05) is 36.9 Å². The number of carbonyl (C=O) groups excluding carboxylic acids is 1. The van der Waals surface area contributed by atoms with Gasteiger partial charge in [0.05, 0.1) is 6.61 Å². The van der Waals surface area contributed by atoms with E-state index in [4.69, 9.17) is 9.47 Å². The van der Waals surface area contributed by atoms with Gasteiger partial charge in [-0.3, -0.25) is 0 Å². The highest BCUT2D eigenvalue weighted by Gasteiger charge is 2.02. The maximum Gasteiger partial charge on any atom is 0.333 e. The van der Waals surface area contributed by atoms with E-state index in [1.165, 1.54) is 5.56 Å². The smallest absolute Gasteiger partial charge is 0.333 e. The number of benzene rings is 2. The molecule has 126 valence electrons. The summed E-state index contributed by atoms with van der Waals surface area (Å²) < 4.78 is 10.9. The molecule has 0 fully saturated rings. The summed E-state index contributed by atoms with van der Waals surface area (Å²) in [5.74, 6) is 1.39. The molecule has 2 rings (SSSR count). The van der Waals surface area contributed by atoms with Gasteiger partial charge in [-0.05, 0) is 62.4 Å². The second-order valence-corrected chi connectivity index (χ2v) is 5.79. The summed E-state index contributed by atoms with van der Waals surface area (Å²) in [6, 6.07) is 17.9. The Labute approximate surface area is 143 Å². The molecule has 0 saturated carbocycles. The van der Waals surface area contributed by atoms with Crippen LogP contribution in [-0.4, -0.2) is 12.6 Å². The number of aryl methyl sites for hydroxylation is 1. The van der Waals surface area contributed by atoms with Crippen molar-refractivity contribution in [1.29, 1.82) is 0 Å². The molecule has 3 nitrogen and oxygen atoms in total. The molecule has 0 heterocycles. The largest absolute Gasteiger partial charge is 0.462 e. The molecule has 0 N–H and O–H groups in total. The molecule has 0 spiro atoms. The number of para-hydroxylation sites is 1. The lowest BCUT2D eigenvalue weighted by Gasteiger charge is -2.08. The van der Waals surface area contributed by atoms with Crippen LogP contribution in [0.1, 0.15) is 31.7 Å². The summed E-state index contributed by atoms with van der Waals surface area (Å²) in [7, 11) is 0. The fraction of sp³-hybridized carbons (Fsp3) is 0.286. The summed E-state index contributed by atoms with van der Waals surface area (Å²) in [4.78, 5) is 11.2. The molecule has 0 aliphatic carbocycles. The Morgan fingerprint density at radius 2 is 1.71 bits per heavy atom. The number of hydrogen-bond acceptors (Lipinski definition) is 3. The van der Waals surface area contributed by atoms with Crippen LogP contribution in [0.5, 0.6) is 11.5 Å². The Morgan fingerprint density at radius 1 is 0.958 bits per heavy atom. The van der Waals surface area contributed by atoms with Crippen molar-refractivity contribution >= 4 is 5.97 Å². The Kier molecular flexibility index (Phi) is 7.09. The summed E-state index contributed by atoms with van der Waals surface area (Å²) in [5, 5.41) is 0. The monoisotopic (exact) mass is 324 g/mol. The fourth-order valence-corrected chi connectivity index (χ4v) is 2.29. The third-order valence-corrected chi connectivity index (χ3v) is 3.57. The summed E-state index contributed by atoms with van der Waals surface area (Å²) in [6.07, 6.45) is 3.94. The number of ether oxygens (including phenoxy) is 2. The van der Waals surface area contributed by atoms with Crippen LogP contribution in [0.25, 0.3) is 0 Å². The summed E-state index contributed by atoms with van der Waals surface area (Å²) >= 11 is 0. The molecular weight excluding hydrogens is 300 g/mol. The van der Waals surface area contributed by atoms with E-state index in [1.54, 1.807) is 6.92 Å². The minimum absolute atomic E-state index is 0.305. The maximum atomic E-state index is 11.2. The minimum atomic E-state index is -0.305. The highest BCUT2D eigenvalue weighted by molar-refractivity contribution is 5.86. The first-order valence-corrected chi connectivity index (χ1v) is 8.29. The van der Waals surface area contributed by atoms with Crippen LogP contribution in [-0.2, 0) is 16.0 Å². The Bertz CT molecular complexity index is 662. The van der Waals surface area contributed by atoms with Gasteiger partial charge in [0, 0.05) is 5.57 Å². The van der Waals surface area contributed by atoms with Crippen molar-refractivity contribution in [3.05, 3.63) is 72.3 Å². The fourth-order valence-electron chi connectivity index (χ4n) is 2.29. The minimum Gasteiger partial charge on any atom is -0.462 e. The molecular formula is C21H24O3. The van der Waals surface area contributed by atoms with Crippen molar-refractivity contribution in [3.63, 3.8) is 0 Å². The predicted molar refractivity (Wildman–Crippen MR) is 96.3 cm³/mol. The molecule has 0 radical (unpaired) electrons. The van der Waals surface area contributed by atoms with Gasteiger partial charge in [-0.2, -0.15) is 0 Å². The van der Waals surface area contributed by atoms with Gasteiger partial charge >= 0.3 is 5.97 Å². The molecule has 0 saturated heterocycles. The van der Waals surface area contributed by atoms with Crippen LogP contribution in [0.2, 0.25) is 0 Å². The highest BCUT2D eigenvalue weighted by atomic mass is 16.5. The topological polar surface area (TPSA) is 35.5 Å². The second-order valence-electron chi connectivity index (χ2n) is 5.79. The van der Waals surface area contributed by atoms with E-state index in [0.717, 1.165) is 37.2 Å². The van der Waals surface area contributed by atoms with Gasteiger partial charge in [0.1, 0.15) is 11.5 Å². The van der Waals surface area contributed by atoms with Gasteiger partial charge in [0.15, 0.2) is 0 Å². The zero-order valence-corrected chi connectivity index (χ0v) is 14.2. The van der Waals surface area contributed by atoms with Crippen LogP contribution in [0.4, 0.5) is 0 Å². The van der Waals surface area contributed by atoms with Crippen LogP contribution in [0.15, 0.2) is 66.7 Å². The lowest BCUT2D eigenvalue weighted by atomic mass is 10.1. The van der Waals surface area contributed by atoms with Crippen LogP contribution in [0.3, 0.4) is 0 Å². The molecule has 0 aliphatic rings. The molecule has 0 aliphatic heterocycles. The summed E-state index contributed by atoms with van der Waals surface area (Å²) in [5.41, 5.74) is 1.70. The number of unbranched alkanes of at least 4 members (excludes halogenated alkanes) is 2. The summed E-state index contributed by atoms with van der Waals surface area (Å²) in [6.45, 7) is 5.68. The van der Waals surface area contributed by atoms with Gasteiger partial charge in [-0.25, -0.2) is 4.79 Å². The number of hydrogen-bond donors (Lipinski definition) is 0. The zero-order valence-electron chi connectivity index (χ0n) is 14.2. The Hall–Kier alpha value is -2.55. The van der Waals surface area contributed by atoms with E-state index in [9.17, 15) is 4.79 Å². The Morgan fingerprint density at radius 3 is 2.46 bits per heavy atom. The molecule has 0 amide bonds. The zero-order chi connectivity index (χ0) is 17.2. The molecule has 2 aromatic carbocycles. The maximum absolute atomic E-state index is 11.2. The van der Waals surface area contributed by atoms with Gasteiger partial charge in [0.25, 0.3) is 0 Å². The van der Waals surface area contributed by atoms with Crippen molar-refractivity contribution in [2.24, 2.45) is 0 Å². The van der Waals surface area contributed by atoms with E-state index in [-0.39, 0.29) is 5.97 Å². The number of rotatable bonds is 9. The predicted octanol–water partition coefficient (Wildman–Crippen LogP) is 5.31. The van der Waals surface area contributed by atoms with Gasteiger partial charge in [0.2, 0.25) is 0 Å². The third-order valence-electron chi connectivity index (χ3n) is 3.57. The molecule has 0 atom stereocenters. The van der Waals surface area contributed by atoms with E-state index in [0.29, 0.717) is 12.2 Å². The average molecular weight is 324 g/mol. The van der Waals surface area contributed by atoms with E-state index >= 15 is 0 Å². The van der Waals surface area contributed by atoms with E-state index < -0.39 is 0 Å². The van der Waals surface area contributed by atoms with Crippen molar-refractivity contribution in [2.75, 3.05) is 6.61 Å². The van der Waals surface area contributed by atoms with Crippen molar-refractivity contribution < 1.29 is 14.3 Å². The molecule has 24 heavy (non-hydrogen) atoms. The van der Waals surface area contributed by atoms with E-state index in [2.05, 4.69) is 18.7 Å². The molecule has 2 aromatic rings. The van der Waals surface area contributed by atoms with Crippen molar-refractivity contribution in [3.8, 4) is 11.5 Å². The number of esters is 1. The van der Waals surface area contributed by atoms with Crippen LogP contribution in [0, 0.1) is 0 Å². The van der Waals surface area contributed by atoms with Gasteiger partial charge < -0.3 is 9.47 Å². The van der Waals surface area contributed by atoms with Crippen molar-refractivity contribution in [1.82, 2.24) is 0 Å². The van der Waals surface area contributed by atoms with Crippen LogP contribution < -0.4 is 4.74 Å². The Balaban J connectivity index is 1.71. The lowest BCUT2D eigenvalue weighted by molar-refractivity contribution is -0.139. The highest BCUT2D eigenvalue weighted by Crippen LogP contribution is 2.22. The van der Waals surface area contributed by atoms with Crippen LogP contribution >= 0.6 is 0 Å². The average Bonchev–Trinajstić information content (AvgIpc) is 2.59. The third kappa shape index (κ3) is 6.29. The normalized spacial score (nSPS) is 10.2. The SMILES string of the molecule is C=C(C)C(=O)OCCCCCc1cccc(Oc2ccccc2)c1.